The fraction of sp³-hybridized carbons (Fsp3) is 0.353. The van der Waals surface area contributed by atoms with Gasteiger partial charge in [-0.3, -0.25) is 4.40 Å². The average Bonchev–Trinajstić information content (AvgIpc) is 3.33. The van der Waals surface area contributed by atoms with Crippen LogP contribution in [-0.4, -0.2) is 26.1 Å². The van der Waals surface area contributed by atoms with E-state index in [4.69, 9.17) is 0 Å². The number of aromatic nitrogens is 4. The molecule has 5 nitrogen and oxygen atoms in total. The Hall–Kier alpha value is -2.43. The number of hydrogen-bond acceptors (Lipinski definition) is 4. The van der Waals surface area contributed by atoms with Crippen LogP contribution in [0, 0.1) is 0 Å². The van der Waals surface area contributed by atoms with E-state index in [2.05, 4.69) is 48.7 Å². The lowest BCUT2D eigenvalue weighted by Crippen LogP contribution is -2.31. The van der Waals surface area contributed by atoms with E-state index in [1.807, 2.05) is 12.4 Å². The highest BCUT2D eigenvalue weighted by Gasteiger charge is 2.30. The van der Waals surface area contributed by atoms with E-state index in [9.17, 15) is 0 Å². The van der Waals surface area contributed by atoms with E-state index in [1.54, 1.807) is 0 Å². The number of anilines is 1. The second kappa shape index (κ2) is 4.53. The van der Waals surface area contributed by atoms with Gasteiger partial charge in [-0.15, -0.1) is 10.2 Å². The number of hydrogen-bond donors (Lipinski definition) is 0. The molecular weight excluding hydrogens is 274 g/mol. The molecule has 0 spiro atoms. The predicted molar refractivity (Wildman–Crippen MR) is 84.0 cm³/mol. The standard InChI is InChI=1S/C17H17N5/c1-2-4-14-11-21(9-7-12(14)3-1)16-17-20-19-15(13-5-6-13)22(17)10-8-18-16/h1-4,8,10,13H,5-7,9,11H2. The number of nitrogens with zero attached hydrogens (tertiary/aromatic N) is 5. The first-order valence-electron chi connectivity index (χ1n) is 7.91. The molecule has 0 N–H and O–H groups in total. The second-order valence-electron chi connectivity index (χ2n) is 6.22. The third-order valence-corrected chi connectivity index (χ3v) is 4.71. The van der Waals surface area contributed by atoms with Gasteiger partial charge in [0.2, 0.25) is 5.65 Å². The fourth-order valence-electron chi connectivity index (χ4n) is 3.35. The zero-order valence-electron chi connectivity index (χ0n) is 12.3. The minimum atomic E-state index is 0.590. The Morgan fingerprint density at radius 3 is 2.77 bits per heavy atom. The van der Waals surface area contributed by atoms with Gasteiger partial charge in [-0.25, -0.2) is 4.98 Å². The highest BCUT2D eigenvalue weighted by Crippen LogP contribution is 2.39. The zero-order chi connectivity index (χ0) is 14.5. The van der Waals surface area contributed by atoms with Crippen LogP contribution in [0.25, 0.3) is 5.65 Å². The van der Waals surface area contributed by atoms with Gasteiger partial charge in [0.05, 0.1) is 0 Å². The summed E-state index contributed by atoms with van der Waals surface area (Å²) in [5, 5.41) is 8.82. The molecule has 5 rings (SSSR count). The summed E-state index contributed by atoms with van der Waals surface area (Å²) in [7, 11) is 0. The van der Waals surface area contributed by atoms with Gasteiger partial charge in [0, 0.05) is 31.4 Å². The van der Waals surface area contributed by atoms with Crippen LogP contribution in [0.2, 0.25) is 0 Å². The van der Waals surface area contributed by atoms with Crippen LogP contribution >= 0.6 is 0 Å². The Labute approximate surface area is 128 Å². The van der Waals surface area contributed by atoms with Gasteiger partial charge in [-0.2, -0.15) is 0 Å². The van der Waals surface area contributed by atoms with Crippen LogP contribution in [0.1, 0.15) is 35.7 Å². The van der Waals surface area contributed by atoms with Crippen molar-refractivity contribution in [3.8, 4) is 0 Å². The van der Waals surface area contributed by atoms with Crippen molar-refractivity contribution in [3.05, 3.63) is 53.6 Å². The molecule has 22 heavy (non-hydrogen) atoms. The zero-order valence-corrected chi connectivity index (χ0v) is 12.3. The van der Waals surface area contributed by atoms with Crippen molar-refractivity contribution in [3.63, 3.8) is 0 Å². The lowest BCUT2D eigenvalue weighted by Gasteiger charge is -2.29. The Kier molecular flexibility index (Phi) is 2.50. The molecule has 1 fully saturated rings. The first-order chi connectivity index (χ1) is 10.9. The van der Waals surface area contributed by atoms with Crippen molar-refractivity contribution in [2.24, 2.45) is 0 Å². The first kappa shape index (κ1) is 12.1. The molecule has 1 saturated carbocycles. The van der Waals surface area contributed by atoms with Gasteiger partial charge in [0.25, 0.3) is 0 Å². The lowest BCUT2D eigenvalue weighted by molar-refractivity contribution is 0.720. The maximum absolute atomic E-state index is 4.60. The van der Waals surface area contributed by atoms with Gasteiger partial charge in [0.15, 0.2) is 5.82 Å². The highest BCUT2D eigenvalue weighted by atomic mass is 15.3. The molecule has 1 aromatic carbocycles. The summed E-state index contributed by atoms with van der Waals surface area (Å²) in [5.74, 6) is 2.64. The SMILES string of the molecule is c1ccc2c(c1)CCN(c1nccn3c(C4CC4)nnc13)C2. The Bertz CT molecular complexity index is 849. The Morgan fingerprint density at radius 1 is 1.05 bits per heavy atom. The summed E-state index contributed by atoms with van der Waals surface area (Å²) in [6.07, 6.45) is 7.38. The van der Waals surface area contributed by atoms with Gasteiger partial charge in [0.1, 0.15) is 5.82 Å². The van der Waals surface area contributed by atoms with Gasteiger partial charge >= 0.3 is 0 Å². The van der Waals surface area contributed by atoms with E-state index < -0.39 is 0 Å². The molecule has 0 radical (unpaired) electrons. The molecule has 1 aliphatic heterocycles. The molecule has 2 aliphatic rings. The smallest absolute Gasteiger partial charge is 0.203 e. The van der Waals surface area contributed by atoms with Crippen molar-refractivity contribution >= 4 is 11.5 Å². The summed E-state index contributed by atoms with van der Waals surface area (Å²) >= 11 is 0. The molecule has 1 aliphatic carbocycles. The second-order valence-corrected chi connectivity index (χ2v) is 6.22. The summed E-state index contributed by atoms with van der Waals surface area (Å²) < 4.78 is 2.13. The van der Waals surface area contributed by atoms with Gasteiger partial charge < -0.3 is 4.90 Å². The fourth-order valence-corrected chi connectivity index (χ4v) is 3.35. The lowest BCUT2D eigenvalue weighted by atomic mass is 10.00. The maximum atomic E-state index is 4.60. The molecule has 0 unspecified atom stereocenters. The Morgan fingerprint density at radius 2 is 1.91 bits per heavy atom. The average molecular weight is 291 g/mol. The van der Waals surface area contributed by atoms with Crippen LogP contribution in [0.4, 0.5) is 5.82 Å². The molecule has 5 heteroatoms. The summed E-state index contributed by atoms with van der Waals surface area (Å²) in [4.78, 5) is 6.92. The summed E-state index contributed by atoms with van der Waals surface area (Å²) in [6, 6.07) is 8.66. The topological polar surface area (TPSA) is 46.3 Å². The van der Waals surface area contributed by atoms with E-state index in [0.717, 1.165) is 36.8 Å². The van der Waals surface area contributed by atoms with Crippen LogP contribution < -0.4 is 4.90 Å². The van der Waals surface area contributed by atoms with Crippen LogP contribution in [-0.2, 0) is 13.0 Å². The van der Waals surface area contributed by atoms with E-state index >= 15 is 0 Å². The van der Waals surface area contributed by atoms with E-state index in [1.165, 1.54) is 24.0 Å². The normalized spacial score (nSPS) is 17.7. The third-order valence-electron chi connectivity index (χ3n) is 4.71. The predicted octanol–water partition coefficient (Wildman–Crippen LogP) is 2.56. The van der Waals surface area contributed by atoms with Crippen molar-refractivity contribution in [1.29, 1.82) is 0 Å². The Balaban J connectivity index is 1.57. The summed E-state index contributed by atoms with van der Waals surface area (Å²) in [6.45, 7) is 1.88. The molecular formula is C17H17N5. The van der Waals surface area contributed by atoms with Crippen molar-refractivity contribution in [2.75, 3.05) is 11.4 Å². The molecule has 0 atom stereocenters. The minimum Gasteiger partial charge on any atom is -0.349 e. The number of fused-ring (bicyclic) bond motifs is 2. The van der Waals surface area contributed by atoms with Gasteiger partial charge in [-0.05, 0) is 30.4 Å². The van der Waals surface area contributed by atoms with Gasteiger partial charge in [-0.1, -0.05) is 24.3 Å². The quantitative estimate of drug-likeness (QED) is 0.728. The van der Waals surface area contributed by atoms with Crippen molar-refractivity contribution < 1.29 is 0 Å². The van der Waals surface area contributed by atoms with Crippen molar-refractivity contribution in [2.45, 2.75) is 31.7 Å². The van der Waals surface area contributed by atoms with E-state index in [-0.39, 0.29) is 0 Å². The minimum absolute atomic E-state index is 0.590. The van der Waals surface area contributed by atoms with E-state index in [0.29, 0.717) is 5.92 Å². The highest BCUT2D eigenvalue weighted by molar-refractivity contribution is 5.64. The third kappa shape index (κ3) is 1.81. The molecule has 0 saturated heterocycles. The van der Waals surface area contributed by atoms with Crippen LogP contribution in [0.3, 0.4) is 0 Å². The molecule has 0 bridgehead atoms. The van der Waals surface area contributed by atoms with Crippen LogP contribution in [0.15, 0.2) is 36.7 Å². The molecule has 3 heterocycles. The monoisotopic (exact) mass is 291 g/mol. The number of rotatable bonds is 2. The molecule has 110 valence electrons. The van der Waals surface area contributed by atoms with Crippen LogP contribution in [0.5, 0.6) is 0 Å². The summed E-state index contributed by atoms with van der Waals surface area (Å²) in [5.41, 5.74) is 3.73. The van der Waals surface area contributed by atoms with Crippen molar-refractivity contribution in [1.82, 2.24) is 19.6 Å². The molecule has 3 aromatic rings. The number of benzene rings is 1. The molecule has 0 amide bonds. The maximum Gasteiger partial charge on any atom is 0.203 e. The molecule has 2 aromatic heterocycles. The first-order valence-corrected chi connectivity index (χ1v) is 7.91. The largest absolute Gasteiger partial charge is 0.349 e.